The number of ether oxygens (including phenoxy) is 1. The lowest BCUT2D eigenvalue weighted by atomic mass is 10.1. The van der Waals surface area contributed by atoms with E-state index in [0.29, 0.717) is 5.56 Å². The summed E-state index contributed by atoms with van der Waals surface area (Å²) >= 11 is 0. The predicted octanol–water partition coefficient (Wildman–Crippen LogP) is 0.407. The Morgan fingerprint density at radius 2 is 2.11 bits per heavy atom. The SMILES string of the molecule is COC(=O)c1cccc(S(=O)(=O)N[C@@H](C)CN)c1C. The molecule has 0 aliphatic rings. The zero-order valence-corrected chi connectivity index (χ0v) is 12.0. The van der Waals surface area contributed by atoms with Gasteiger partial charge in [-0.3, -0.25) is 0 Å². The third kappa shape index (κ3) is 3.52. The zero-order valence-electron chi connectivity index (χ0n) is 11.1. The molecule has 1 atom stereocenters. The van der Waals surface area contributed by atoms with Gasteiger partial charge in [-0.1, -0.05) is 6.07 Å². The van der Waals surface area contributed by atoms with Crippen LogP contribution in [0, 0.1) is 6.92 Å². The van der Waals surface area contributed by atoms with Crippen LogP contribution >= 0.6 is 0 Å². The summed E-state index contributed by atoms with van der Waals surface area (Å²) in [6, 6.07) is 4.08. The summed E-state index contributed by atoms with van der Waals surface area (Å²) in [7, 11) is -2.46. The van der Waals surface area contributed by atoms with E-state index in [1.165, 1.54) is 25.3 Å². The Morgan fingerprint density at radius 3 is 2.63 bits per heavy atom. The molecule has 19 heavy (non-hydrogen) atoms. The van der Waals surface area contributed by atoms with Crippen molar-refractivity contribution in [2.24, 2.45) is 5.73 Å². The number of carbonyl (C=O) groups excluding carboxylic acids is 1. The van der Waals surface area contributed by atoms with Crippen LogP contribution in [0.2, 0.25) is 0 Å². The molecule has 0 saturated heterocycles. The van der Waals surface area contributed by atoms with E-state index in [9.17, 15) is 13.2 Å². The Labute approximate surface area is 113 Å². The largest absolute Gasteiger partial charge is 0.465 e. The van der Waals surface area contributed by atoms with Gasteiger partial charge in [-0.2, -0.15) is 0 Å². The standard InChI is InChI=1S/C12H18N2O4S/c1-8(7-13)14-19(16,17)11-6-4-5-10(9(11)2)12(15)18-3/h4-6,8,14H,7,13H2,1-3H3/t8-/m0/s1. The summed E-state index contributed by atoms with van der Waals surface area (Å²) in [5.74, 6) is -0.568. The predicted molar refractivity (Wildman–Crippen MR) is 71.4 cm³/mol. The monoisotopic (exact) mass is 286 g/mol. The van der Waals surface area contributed by atoms with E-state index in [1.807, 2.05) is 0 Å². The topological polar surface area (TPSA) is 98.5 Å². The Balaban J connectivity index is 3.25. The summed E-state index contributed by atoms with van der Waals surface area (Å²) in [5.41, 5.74) is 5.97. The summed E-state index contributed by atoms with van der Waals surface area (Å²) < 4.78 is 31.4. The fraction of sp³-hybridized carbons (Fsp3) is 0.417. The summed E-state index contributed by atoms with van der Waals surface area (Å²) in [4.78, 5) is 11.6. The van der Waals surface area contributed by atoms with Crippen molar-refractivity contribution in [2.45, 2.75) is 24.8 Å². The minimum atomic E-state index is -3.70. The van der Waals surface area contributed by atoms with Crippen LogP contribution in [0.1, 0.15) is 22.8 Å². The molecular weight excluding hydrogens is 268 g/mol. The molecule has 0 unspecified atom stereocenters. The van der Waals surface area contributed by atoms with Crippen LogP contribution in [0.25, 0.3) is 0 Å². The molecule has 0 aromatic heterocycles. The lowest BCUT2D eigenvalue weighted by molar-refractivity contribution is 0.0599. The van der Waals surface area contributed by atoms with Gasteiger partial charge in [0, 0.05) is 12.6 Å². The van der Waals surface area contributed by atoms with E-state index < -0.39 is 16.0 Å². The number of hydrogen-bond acceptors (Lipinski definition) is 5. The van der Waals surface area contributed by atoms with Gasteiger partial charge in [0.05, 0.1) is 17.6 Å². The average molecular weight is 286 g/mol. The molecule has 0 heterocycles. The number of benzene rings is 1. The lowest BCUT2D eigenvalue weighted by Gasteiger charge is -2.15. The minimum absolute atomic E-state index is 0.0516. The first-order chi connectivity index (χ1) is 8.83. The van der Waals surface area contributed by atoms with E-state index in [1.54, 1.807) is 13.8 Å². The van der Waals surface area contributed by atoms with E-state index >= 15 is 0 Å². The molecule has 0 radical (unpaired) electrons. The number of esters is 1. The molecule has 0 fully saturated rings. The third-order valence-electron chi connectivity index (χ3n) is 2.69. The van der Waals surface area contributed by atoms with Crippen LogP contribution in [0.3, 0.4) is 0 Å². The molecule has 1 aromatic carbocycles. The van der Waals surface area contributed by atoms with Crippen molar-refractivity contribution >= 4 is 16.0 Å². The van der Waals surface area contributed by atoms with Gasteiger partial charge in [-0.05, 0) is 31.5 Å². The summed E-state index contributed by atoms with van der Waals surface area (Å²) in [6.45, 7) is 3.42. The highest BCUT2D eigenvalue weighted by atomic mass is 32.2. The summed E-state index contributed by atoms with van der Waals surface area (Å²) in [5, 5.41) is 0. The fourth-order valence-corrected chi connectivity index (χ4v) is 3.14. The highest BCUT2D eigenvalue weighted by molar-refractivity contribution is 7.89. The normalized spacial score (nSPS) is 13.1. The maximum atomic E-state index is 12.2. The van der Waals surface area contributed by atoms with E-state index in [2.05, 4.69) is 9.46 Å². The van der Waals surface area contributed by atoms with Crippen molar-refractivity contribution in [3.8, 4) is 0 Å². The molecule has 7 heteroatoms. The number of methoxy groups -OCH3 is 1. The smallest absolute Gasteiger partial charge is 0.338 e. The van der Waals surface area contributed by atoms with Crippen LogP contribution in [-0.4, -0.2) is 34.1 Å². The molecule has 0 saturated carbocycles. The number of nitrogens with two attached hydrogens (primary N) is 1. The molecule has 106 valence electrons. The first kappa shape index (κ1) is 15.6. The second-order valence-corrected chi connectivity index (χ2v) is 5.86. The number of rotatable bonds is 5. The zero-order chi connectivity index (χ0) is 14.6. The summed E-state index contributed by atoms with van der Waals surface area (Å²) in [6.07, 6.45) is 0. The number of hydrogen-bond donors (Lipinski definition) is 2. The molecule has 0 bridgehead atoms. The van der Waals surface area contributed by atoms with Crippen molar-refractivity contribution < 1.29 is 17.9 Å². The molecule has 0 spiro atoms. The Hall–Kier alpha value is -1.44. The Morgan fingerprint density at radius 1 is 1.47 bits per heavy atom. The highest BCUT2D eigenvalue weighted by Crippen LogP contribution is 2.19. The van der Waals surface area contributed by atoms with Gasteiger partial charge in [0.15, 0.2) is 0 Å². The first-order valence-electron chi connectivity index (χ1n) is 5.73. The molecule has 6 nitrogen and oxygen atoms in total. The molecule has 1 rings (SSSR count). The second kappa shape index (κ2) is 6.14. The van der Waals surface area contributed by atoms with Crippen molar-refractivity contribution in [1.82, 2.24) is 4.72 Å². The van der Waals surface area contributed by atoms with E-state index in [0.717, 1.165) is 0 Å². The second-order valence-electron chi connectivity index (χ2n) is 4.18. The van der Waals surface area contributed by atoms with Crippen LogP contribution in [0.15, 0.2) is 23.1 Å². The van der Waals surface area contributed by atoms with Gasteiger partial charge in [0.1, 0.15) is 0 Å². The lowest BCUT2D eigenvalue weighted by Crippen LogP contribution is -2.38. The Bertz CT molecular complexity index is 569. The van der Waals surface area contributed by atoms with Crippen molar-refractivity contribution in [2.75, 3.05) is 13.7 Å². The van der Waals surface area contributed by atoms with E-state index in [4.69, 9.17) is 5.73 Å². The average Bonchev–Trinajstić information content (AvgIpc) is 2.37. The fourth-order valence-electron chi connectivity index (χ4n) is 1.61. The number of carbonyl (C=O) groups is 1. The van der Waals surface area contributed by atoms with Crippen LogP contribution in [-0.2, 0) is 14.8 Å². The quantitative estimate of drug-likeness (QED) is 0.764. The first-order valence-corrected chi connectivity index (χ1v) is 7.22. The minimum Gasteiger partial charge on any atom is -0.465 e. The molecule has 3 N–H and O–H groups in total. The molecule has 1 aromatic rings. The Kier molecular flexibility index (Phi) is 5.04. The van der Waals surface area contributed by atoms with Crippen LogP contribution in [0.5, 0.6) is 0 Å². The molecular formula is C12H18N2O4S. The van der Waals surface area contributed by atoms with Gasteiger partial charge >= 0.3 is 5.97 Å². The van der Waals surface area contributed by atoms with Gasteiger partial charge in [-0.25, -0.2) is 17.9 Å². The van der Waals surface area contributed by atoms with E-state index in [-0.39, 0.29) is 23.0 Å². The van der Waals surface area contributed by atoms with Crippen molar-refractivity contribution in [3.63, 3.8) is 0 Å². The van der Waals surface area contributed by atoms with Gasteiger partial charge in [0.2, 0.25) is 10.0 Å². The molecule has 0 aliphatic heterocycles. The van der Waals surface area contributed by atoms with Gasteiger partial charge in [-0.15, -0.1) is 0 Å². The van der Waals surface area contributed by atoms with Crippen LogP contribution < -0.4 is 10.5 Å². The van der Waals surface area contributed by atoms with Gasteiger partial charge < -0.3 is 10.5 Å². The maximum absolute atomic E-state index is 12.2. The van der Waals surface area contributed by atoms with Crippen molar-refractivity contribution in [3.05, 3.63) is 29.3 Å². The highest BCUT2D eigenvalue weighted by Gasteiger charge is 2.22. The number of sulfonamides is 1. The maximum Gasteiger partial charge on any atom is 0.338 e. The third-order valence-corrected chi connectivity index (χ3v) is 4.42. The van der Waals surface area contributed by atoms with Crippen molar-refractivity contribution in [1.29, 1.82) is 0 Å². The van der Waals surface area contributed by atoms with Crippen LogP contribution in [0.4, 0.5) is 0 Å². The number of nitrogens with one attached hydrogen (secondary N) is 1. The molecule has 0 aliphatic carbocycles. The van der Waals surface area contributed by atoms with Gasteiger partial charge in [0.25, 0.3) is 0 Å². The molecule has 0 amide bonds.